The lowest BCUT2D eigenvalue weighted by Gasteiger charge is -2.24. The van der Waals surface area contributed by atoms with Gasteiger partial charge in [0.15, 0.2) is 11.5 Å². The number of nitrogens with one attached hydrogen (secondary N) is 2. The summed E-state index contributed by atoms with van der Waals surface area (Å²) < 4.78 is 17.0. The molecular formula is C13H15BrN2O4. The van der Waals surface area contributed by atoms with E-state index in [4.69, 9.17) is 14.2 Å². The number of morpholine rings is 1. The molecule has 2 aliphatic heterocycles. The second-order valence-corrected chi connectivity index (χ2v) is 5.40. The number of anilines is 1. The van der Waals surface area contributed by atoms with Gasteiger partial charge in [-0.15, -0.1) is 0 Å². The van der Waals surface area contributed by atoms with Crippen LogP contribution in [0.1, 0.15) is 0 Å². The smallest absolute Gasteiger partial charge is 0.243 e. The maximum absolute atomic E-state index is 12.1. The van der Waals surface area contributed by atoms with Crippen LogP contribution in [-0.2, 0) is 9.53 Å². The summed E-state index contributed by atoms with van der Waals surface area (Å²) in [6, 6.07) is 3.23. The lowest BCUT2D eigenvalue weighted by Crippen LogP contribution is -2.48. The molecule has 20 heavy (non-hydrogen) atoms. The van der Waals surface area contributed by atoms with E-state index in [1.807, 2.05) is 0 Å². The van der Waals surface area contributed by atoms with E-state index in [9.17, 15) is 4.79 Å². The van der Waals surface area contributed by atoms with Crippen LogP contribution in [0.5, 0.6) is 11.5 Å². The number of ether oxygens (including phenoxy) is 3. The fourth-order valence-electron chi connectivity index (χ4n) is 2.11. The van der Waals surface area contributed by atoms with Crippen molar-refractivity contribution in [3.05, 3.63) is 16.6 Å². The molecule has 0 bridgehead atoms. The van der Waals surface area contributed by atoms with Crippen LogP contribution in [0.3, 0.4) is 0 Å². The predicted molar refractivity (Wildman–Crippen MR) is 76.4 cm³/mol. The molecule has 3 rings (SSSR count). The van der Waals surface area contributed by atoms with Gasteiger partial charge in [-0.25, -0.2) is 0 Å². The van der Waals surface area contributed by atoms with Gasteiger partial charge in [-0.05, 0) is 15.9 Å². The largest absolute Gasteiger partial charge is 0.486 e. The van der Waals surface area contributed by atoms with Crippen LogP contribution in [0, 0.1) is 0 Å². The van der Waals surface area contributed by atoms with E-state index in [-0.39, 0.29) is 11.9 Å². The first-order valence-electron chi connectivity index (χ1n) is 6.45. The molecule has 1 amide bonds. The van der Waals surface area contributed by atoms with Gasteiger partial charge >= 0.3 is 0 Å². The Labute approximate surface area is 124 Å². The van der Waals surface area contributed by atoms with E-state index in [0.29, 0.717) is 50.2 Å². The average Bonchev–Trinajstić information content (AvgIpc) is 2.49. The Kier molecular flexibility index (Phi) is 4.09. The van der Waals surface area contributed by atoms with E-state index in [0.717, 1.165) is 4.47 Å². The van der Waals surface area contributed by atoms with Crippen molar-refractivity contribution in [1.29, 1.82) is 0 Å². The minimum Gasteiger partial charge on any atom is -0.486 e. The highest BCUT2D eigenvalue weighted by Crippen LogP contribution is 2.38. The lowest BCUT2D eigenvalue weighted by atomic mass is 10.2. The van der Waals surface area contributed by atoms with Gasteiger partial charge in [0.1, 0.15) is 19.3 Å². The highest BCUT2D eigenvalue weighted by atomic mass is 79.9. The summed E-state index contributed by atoms with van der Waals surface area (Å²) in [5.41, 5.74) is 0.659. The van der Waals surface area contributed by atoms with E-state index in [1.165, 1.54) is 0 Å². The Morgan fingerprint density at radius 2 is 2.00 bits per heavy atom. The Morgan fingerprint density at radius 3 is 2.70 bits per heavy atom. The molecule has 1 atom stereocenters. The standard InChI is InChI=1S/C13H15BrN2O4/c14-8-5-11-12(20-4-3-19-11)6-9(8)16-13(17)10-7-18-2-1-15-10/h5-6,10,15H,1-4,7H2,(H,16,17). The average molecular weight is 343 g/mol. The molecule has 2 heterocycles. The number of benzene rings is 1. The predicted octanol–water partition coefficient (Wildman–Crippen LogP) is 1.15. The second-order valence-electron chi connectivity index (χ2n) is 4.55. The van der Waals surface area contributed by atoms with Crippen molar-refractivity contribution in [2.75, 3.05) is 38.3 Å². The normalized spacial score (nSPS) is 21.4. The summed E-state index contributed by atoms with van der Waals surface area (Å²) in [4.78, 5) is 12.1. The van der Waals surface area contributed by atoms with Crippen LogP contribution in [0.2, 0.25) is 0 Å². The molecular weight excluding hydrogens is 328 g/mol. The molecule has 0 radical (unpaired) electrons. The van der Waals surface area contributed by atoms with Gasteiger partial charge in [0, 0.05) is 23.2 Å². The van der Waals surface area contributed by atoms with Crippen molar-refractivity contribution >= 4 is 27.5 Å². The number of hydrogen-bond donors (Lipinski definition) is 2. The monoisotopic (exact) mass is 342 g/mol. The van der Waals surface area contributed by atoms with Crippen molar-refractivity contribution in [2.45, 2.75) is 6.04 Å². The SMILES string of the molecule is O=C(Nc1cc2c(cc1Br)OCCO2)C1COCCN1. The van der Waals surface area contributed by atoms with E-state index in [2.05, 4.69) is 26.6 Å². The zero-order valence-electron chi connectivity index (χ0n) is 10.8. The molecule has 0 aromatic heterocycles. The third kappa shape index (κ3) is 2.89. The van der Waals surface area contributed by atoms with Gasteiger partial charge in [-0.1, -0.05) is 0 Å². The van der Waals surface area contributed by atoms with Gasteiger partial charge in [0.25, 0.3) is 0 Å². The van der Waals surface area contributed by atoms with Crippen LogP contribution in [0.15, 0.2) is 16.6 Å². The molecule has 1 aromatic rings. The van der Waals surface area contributed by atoms with Crippen molar-refractivity contribution in [1.82, 2.24) is 5.32 Å². The van der Waals surface area contributed by atoms with Gasteiger partial charge in [0.2, 0.25) is 5.91 Å². The van der Waals surface area contributed by atoms with Gasteiger partial charge in [0.05, 0.1) is 18.9 Å². The molecule has 0 saturated carbocycles. The third-order valence-corrected chi connectivity index (χ3v) is 3.78. The first-order valence-corrected chi connectivity index (χ1v) is 7.24. The Balaban J connectivity index is 1.74. The number of amides is 1. The van der Waals surface area contributed by atoms with Crippen molar-refractivity contribution in [2.24, 2.45) is 0 Å². The molecule has 1 unspecified atom stereocenters. The maximum Gasteiger partial charge on any atom is 0.243 e. The molecule has 1 aromatic carbocycles. The molecule has 1 fully saturated rings. The number of hydrogen-bond acceptors (Lipinski definition) is 5. The number of halogens is 1. The maximum atomic E-state index is 12.1. The first kappa shape index (κ1) is 13.7. The topological polar surface area (TPSA) is 68.8 Å². The second kappa shape index (κ2) is 5.99. The number of rotatable bonds is 2. The summed E-state index contributed by atoms with van der Waals surface area (Å²) in [6.45, 7) is 2.75. The molecule has 0 spiro atoms. The molecule has 2 N–H and O–H groups in total. The molecule has 1 saturated heterocycles. The summed E-state index contributed by atoms with van der Waals surface area (Å²) in [7, 11) is 0. The third-order valence-electron chi connectivity index (χ3n) is 3.13. The van der Waals surface area contributed by atoms with Crippen LogP contribution >= 0.6 is 15.9 Å². The van der Waals surface area contributed by atoms with E-state index < -0.39 is 0 Å². The van der Waals surface area contributed by atoms with Crippen LogP contribution < -0.4 is 20.1 Å². The lowest BCUT2D eigenvalue weighted by molar-refractivity contribution is -0.120. The first-order chi connectivity index (χ1) is 9.74. The van der Waals surface area contributed by atoms with E-state index >= 15 is 0 Å². The van der Waals surface area contributed by atoms with Crippen molar-refractivity contribution in [3.63, 3.8) is 0 Å². The fourth-order valence-corrected chi connectivity index (χ4v) is 2.53. The molecule has 108 valence electrons. The van der Waals surface area contributed by atoms with Gasteiger partial charge in [-0.3, -0.25) is 4.79 Å². The number of carbonyl (C=O) groups is 1. The zero-order chi connectivity index (χ0) is 13.9. The molecule has 6 nitrogen and oxygen atoms in total. The van der Waals surface area contributed by atoms with Gasteiger partial charge in [-0.2, -0.15) is 0 Å². The highest BCUT2D eigenvalue weighted by molar-refractivity contribution is 9.10. The van der Waals surface area contributed by atoms with Crippen LogP contribution in [0.25, 0.3) is 0 Å². The number of fused-ring (bicyclic) bond motifs is 1. The van der Waals surface area contributed by atoms with Crippen molar-refractivity contribution < 1.29 is 19.0 Å². The van der Waals surface area contributed by atoms with Crippen molar-refractivity contribution in [3.8, 4) is 11.5 Å². The minimum atomic E-state index is -0.330. The molecule has 7 heteroatoms. The quantitative estimate of drug-likeness (QED) is 0.843. The van der Waals surface area contributed by atoms with Crippen LogP contribution in [-0.4, -0.2) is 44.9 Å². The van der Waals surface area contributed by atoms with Gasteiger partial charge < -0.3 is 24.8 Å². The minimum absolute atomic E-state index is 0.123. The zero-order valence-corrected chi connectivity index (χ0v) is 12.4. The van der Waals surface area contributed by atoms with Crippen LogP contribution in [0.4, 0.5) is 5.69 Å². The summed E-state index contributed by atoms with van der Waals surface area (Å²) in [6.07, 6.45) is 0. The summed E-state index contributed by atoms with van der Waals surface area (Å²) in [5.74, 6) is 1.20. The Hall–Kier alpha value is -1.31. The van der Waals surface area contributed by atoms with E-state index in [1.54, 1.807) is 12.1 Å². The molecule has 2 aliphatic rings. The summed E-state index contributed by atoms with van der Waals surface area (Å²) in [5, 5.41) is 5.98. The Morgan fingerprint density at radius 1 is 1.25 bits per heavy atom. The number of carbonyl (C=O) groups excluding carboxylic acids is 1. The summed E-state index contributed by atoms with van der Waals surface area (Å²) >= 11 is 3.43. The molecule has 0 aliphatic carbocycles. The fraction of sp³-hybridized carbons (Fsp3) is 0.462. The Bertz CT molecular complexity index is 517. The highest BCUT2D eigenvalue weighted by Gasteiger charge is 2.23.